The number of rotatable bonds is 6. The van der Waals surface area contributed by atoms with Crippen LogP contribution in [0.2, 0.25) is 0 Å². The quantitative estimate of drug-likeness (QED) is 0.153. The van der Waals surface area contributed by atoms with Crippen molar-refractivity contribution in [2.24, 2.45) is 11.5 Å². The molecule has 0 amide bonds. The number of aliphatic hydroxyl groups is 8. The molecule has 0 bridgehead atoms. The van der Waals surface area contributed by atoms with E-state index >= 15 is 0 Å². The second-order valence-corrected chi connectivity index (χ2v) is 9.72. The number of fused-ring (bicyclic) bond motifs is 1. The summed E-state index contributed by atoms with van der Waals surface area (Å²) in [6, 6.07) is -2.50. The molecule has 36 heavy (non-hydrogen) atoms. The van der Waals surface area contributed by atoms with Gasteiger partial charge in [0, 0.05) is 12.1 Å². The lowest BCUT2D eigenvalue weighted by Crippen LogP contribution is -2.69. The number of likely N-dealkylation sites (N-methyl/N-ethyl adjacent to an activating group) is 1. The van der Waals surface area contributed by atoms with E-state index in [-0.39, 0.29) is 6.42 Å². The Hall–Kier alpha value is -0.640. The minimum atomic E-state index is -2.48. The third-order valence-corrected chi connectivity index (χ3v) is 7.42. The molecule has 16 nitrogen and oxygen atoms in total. The fourth-order valence-corrected chi connectivity index (χ4v) is 5.23. The highest BCUT2D eigenvalue weighted by Crippen LogP contribution is 2.45. The molecule has 16 heteroatoms. The van der Waals surface area contributed by atoms with Crippen LogP contribution < -0.4 is 16.8 Å². The summed E-state index contributed by atoms with van der Waals surface area (Å²) in [6.45, 7) is -1.33. The lowest BCUT2D eigenvalue weighted by molar-refractivity contribution is -0.439. The van der Waals surface area contributed by atoms with E-state index in [1.165, 1.54) is 0 Å². The molecule has 0 unspecified atom stereocenters. The monoisotopic (exact) mass is 527 g/mol. The maximum atomic E-state index is 10.7. The molecule has 0 radical (unpaired) electrons. The van der Waals surface area contributed by atoms with Crippen LogP contribution in [-0.4, -0.2) is 159 Å². The Labute approximate surface area is 206 Å². The largest absolute Gasteiger partial charge is 0.395 e. The van der Waals surface area contributed by atoms with Crippen molar-refractivity contribution in [1.82, 2.24) is 5.32 Å². The molecular weight excluding hydrogens is 490 g/mol. The summed E-state index contributed by atoms with van der Waals surface area (Å²) in [4.78, 5) is 0. The van der Waals surface area contributed by atoms with Gasteiger partial charge in [-0.25, -0.2) is 0 Å². The maximum absolute atomic E-state index is 10.7. The molecule has 3 heterocycles. The molecule has 4 rings (SSSR count). The number of nitrogens with one attached hydrogen (secondary N) is 1. The first-order chi connectivity index (χ1) is 17.0. The van der Waals surface area contributed by atoms with Gasteiger partial charge < -0.3 is 81.3 Å². The summed E-state index contributed by atoms with van der Waals surface area (Å²) >= 11 is 0. The highest BCUT2D eigenvalue weighted by atomic mass is 16.9. The summed E-state index contributed by atoms with van der Waals surface area (Å²) in [6.07, 6.45) is -17.7. The van der Waals surface area contributed by atoms with Crippen LogP contribution in [0, 0.1) is 0 Å². The summed E-state index contributed by atoms with van der Waals surface area (Å²) in [5.41, 5.74) is 11.8. The van der Waals surface area contributed by atoms with Crippen LogP contribution in [-0.2, 0) is 23.7 Å². The molecule has 16 atom stereocenters. The molecule has 1 saturated carbocycles. The number of hydrogen-bond donors (Lipinski definition) is 11. The van der Waals surface area contributed by atoms with Gasteiger partial charge in [-0.1, -0.05) is 0 Å². The van der Waals surface area contributed by atoms with Crippen molar-refractivity contribution in [1.29, 1.82) is 0 Å². The van der Waals surface area contributed by atoms with E-state index in [0.29, 0.717) is 0 Å². The van der Waals surface area contributed by atoms with E-state index in [1.54, 1.807) is 7.05 Å². The second kappa shape index (κ2) is 10.9. The van der Waals surface area contributed by atoms with Crippen LogP contribution in [0.5, 0.6) is 0 Å². The van der Waals surface area contributed by atoms with E-state index in [4.69, 9.17) is 35.2 Å². The number of nitrogens with two attached hydrogens (primary N) is 2. The summed E-state index contributed by atoms with van der Waals surface area (Å²) < 4.78 is 28.7. The molecule has 1 spiro atoms. The van der Waals surface area contributed by atoms with E-state index in [0.717, 1.165) is 0 Å². The number of ether oxygens (including phenoxy) is 5. The average Bonchev–Trinajstić information content (AvgIpc) is 3.27. The first-order valence-electron chi connectivity index (χ1n) is 11.8. The van der Waals surface area contributed by atoms with Crippen LogP contribution in [0.25, 0.3) is 0 Å². The van der Waals surface area contributed by atoms with Gasteiger partial charge in [0.15, 0.2) is 12.4 Å². The summed E-state index contributed by atoms with van der Waals surface area (Å²) in [7, 11) is 1.60. The minimum absolute atomic E-state index is 0.254. The molecule has 1 aliphatic carbocycles. The van der Waals surface area contributed by atoms with Crippen LogP contribution >= 0.6 is 0 Å². The molecule has 4 fully saturated rings. The van der Waals surface area contributed by atoms with E-state index in [2.05, 4.69) is 5.32 Å². The third kappa shape index (κ3) is 4.68. The number of hydrogen-bond acceptors (Lipinski definition) is 16. The zero-order valence-electron chi connectivity index (χ0n) is 19.6. The van der Waals surface area contributed by atoms with Crippen LogP contribution in [0.4, 0.5) is 0 Å². The first kappa shape index (κ1) is 28.4. The maximum Gasteiger partial charge on any atom is 0.314 e. The van der Waals surface area contributed by atoms with Crippen LogP contribution in [0.1, 0.15) is 6.42 Å². The van der Waals surface area contributed by atoms with Gasteiger partial charge in [-0.05, 0) is 13.5 Å². The highest BCUT2D eigenvalue weighted by Gasteiger charge is 2.67. The van der Waals surface area contributed by atoms with Gasteiger partial charge in [0.05, 0.1) is 31.5 Å². The molecule has 0 aromatic heterocycles. The van der Waals surface area contributed by atoms with Crippen molar-refractivity contribution in [3.63, 3.8) is 0 Å². The molecule has 13 N–H and O–H groups in total. The van der Waals surface area contributed by atoms with Crippen LogP contribution in [0.3, 0.4) is 0 Å². The van der Waals surface area contributed by atoms with Gasteiger partial charge in [-0.3, -0.25) is 0 Å². The second-order valence-electron chi connectivity index (χ2n) is 9.72. The van der Waals surface area contributed by atoms with Crippen molar-refractivity contribution in [3.05, 3.63) is 0 Å². The smallest absolute Gasteiger partial charge is 0.314 e. The average molecular weight is 528 g/mol. The Morgan fingerprint density at radius 2 is 1.61 bits per heavy atom. The molecule has 0 aromatic rings. The highest BCUT2D eigenvalue weighted by molar-refractivity contribution is 5.05. The molecule has 3 aliphatic heterocycles. The Morgan fingerprint density at radius 3 is 2.22 bits per heavy atom. The lowest BCUT2D eigenvalue weighted by atomic mass is 9.84. The van der Waals surface area contributed by atoms with Gasteiger partial charge in [-0.15, -0.1) is 0 Å². The molecule has 3 saturated heterocycles. The zero-order valence-corrected chi connectivity index (χ0v) is 19.6. The van der Waals surface area contributed by atoms with Crippen LogP contribution in [0.15, 0.2) is 0 Å². The van der Waals surface area contributed by atoms with Gasteiger partial charge in [0.2, 0.25) is 0 Å². The third-order valence-electron chi connectivity index (χ3n) is 7.42. The Morgan fingerprint density at radius 1 is 0.944 bits per heavy atom. The standard InChI is InChI=1S/C20H37N3O13/c1-23-7-2-5(21)9(26)15(10(7)27)33-19-17-16(11(28)8(4-25)32-19)35-20(36-17)18(31)13(30)12(29)14(34-20)6(22)3-24/h5-19,23-31H,2-4,21-22H2,1H3/t5-,6-,7+,8-,9+,10-,11+,12+,13+,14-,15-,16+,17+,18-,19+,20+/m1/s1. The normalized spacial score (nSPS) is 54.4. The van der Waals surface area contributed by atoms with Gasteiger partial charge in [-0.2, -0.15) is 0 Å². The van der Waals surface area contributed by atoms with Gasteiger partial charge in [0.1, 0.15) is 48.8 Å². The molecule has 4 aliphatic rings. The lowest BCUT2D eigenvalue weighted by Gasteiger charge is -2.46. The molecule has 210 valence electrons. The van der Waals surface area contributed by atoms with Crippen molar-refractivity contribution in [2.45, 2.75) is 104 Å². The Kier molecular flexibility index (Phi) is 8.55. The molecule has 0 aromatic carbocycles. The topological polar surface area (TPSA) is 272 Å². The summed E-state index contributed by atoms with van der Waals surface area (Å²) in [5.74, 6) is -2.48. The predicted octanol–water partition coefficient (Wildman–Crippen LogP) is -7.27. The van der Waals surface area contributed by atoms with Crippen molar-refractivity contribution in [2.75, 3.05) is 20.3 Å². The van der Waals surface area contributed by atoms with Crippen molar-refractivity contribution in [3.8, 4) is 0 Å². The number of aliphatic hydroxyl groups excluding tert-OH is 8. The predicted molar refractivity (Wildman–Crippen MR) is 115 cm³/mol. The van der Waals surface area contributed by atoms with Gasteiger partial charge in [0.25, 0.3) is 0 Å². The fourth-order valence-electron chi connectivity index (χ4n) is 5.23. The molecular formula is C20H37N3O13. The Balaban J connectivity index is 1.62. The minimum Gasteiger partial charge on any atom is -0.395 e. The van der Waals surface area contributed by atoms with E-state index in [1.807, 2.05) is 0 Å². The Bertz CT molecular complexity index is 756. The van der Waals surface area contributed by atoms with Crippen molar-refractivity contribution < 1.29 is 64.5 Å². The zero-order chi connectivity index (χ0) is 26.5. The first-order valence-corrected chi connectivity index (χ1v) is 11.8. The van der Waals surface area contributed by atoms with E-state index < -0.39 is 111 Å². The van der Waals surface area contributed by atoms with Crippen molar-refractivity contribution >= 4 is 0 Å². The summed E-state index contributed by atoms with van der Waals surface area (Å²) in [5, 5.41) is 85.6. The SMILES string of the molecule is CN[C@H]1C[C@@H](N)[C@H](O)[C@@H](O[C@@H]2O[C@H](CO)[C@H](O)[C@@H]3O[C@@]4(O[C@H]23)O[C@H]([C@H](N)CO)[C@@H](O)[C@H](O)[C@H]4O)[C@@H]1O. The van der Waals surface area contributed by atoms with E-state index in [9.17, 15) is 40.9 Å². The van der Waals surface area contributed by atoms with Gasteiger partial charge >= 0.3 is 5.97 Å². The fraction of sp³-hybridized carbons (Fsp3) is 1.00.